The molecule has 0 fully saturated rings. The highest BCUT2D eigenvalue weighted by molar-refractivity contribution is 7.99. The maximum atomic E-state index is 12.6. The Morgan fingerprint density at radius 1 is 1.00 bits per heavy atom. The van der Waals surface area contributed by atoms with E-state index in [-0.39, 0.29) is 5.91 Å². The lowest BCUT2D eigenvalue weighted by Crippen LogP contribution is -2.12. The first-order valence-electron chi connectivity index (χ1n) is 8.74. The van der Waals surface area contributed by atoms with E-state index >= 15 is 0 Å². The minimum Gasteiger partial charge on any atom is -0.456 e. The number of hydrogen-bond donors (Lipinski definition) is 1. The third-order valence-electron chi connectivity index (χ3n) is 4.28. The molecule has 0 aliphatic rings. The maximum Gasteiger partial charge on any atom is 0.256 e. The number of nitriles is 1. The van der Waals surface area contributed by atoms with Crippen LogP contribution in [-0.4, -0.2) is 11.7 Å². The molecule has 1 aromatic heterocycles. The van der Waals surface area contributed by atoms with E-state index in [1.54, 1.807) is 6.07 Å². The number of para-hydroxylation sites is 1. The first kappa shape index (κ1) is 17.9. The van der Waals surface area contributed by atoms with Crippen molar-refractivity contribution in [2.24, 2.45) is 0 Å². The van der Waals surface area contributed by atoms with Crippen molar-refractivity contribution in [2.75, 3.05) is 11.1 Å². The second kappa shape index (κ2) is 8.03. The number of thioether (sulfide) groups is 1. The quantitative estimate of drug-likeness (QED) is 0.431. The smallest absolute Gasteiger partial charge is 0.256 e. The zero-order valence-corrected chi connectivity index (χ0v) is 15.7. The first-order chi connectivity index (χ1) is 13.7. The van der Waals surface area contributed by atoms with Gasteiger partial charge in [0.05, 0.1) is 17.4 Å². The van der Waals surface area contributed by atoms with E-state index in [1.165, 1.54) is 11.8 Å². The second-order valence-electron chi connectivity index (χ2n) is 6.12. The van der Waals surface area contributed by atoms with Gasteiger partial charge in [-0.2, -0.15) is 5.26 Å². The number of carbonyl (C=O) groups is 1. The van der Waals surface area contributed by atoms with Crippen LogP contribution in [0.5, 0.6) is 0 Å². The number of benzene rings is 3. The van der Waals surface area contributed by atoms with Gasteiger partial charge in [0.15, 0.2) is 0 Å². The Bertz CT molecular complexity index is 1140. The normalized spacial score (nSPS) is 10.5. The molecule has 0 unspecified atom stereocenters. The van der Waals surface area contributed by atoms with Crippen molar-refractivity contribution < 1.29 is 9.21 Å². The SMILES string of the molecule is N#CCSc1ccccc1C(=O)Nc1ccc(-c2cc3ccccc3o2)cc1. The molecule has 3 aromatic carbocycles. The fourth-order valence-electron chi connectivity index (χ4n) is 2.93. The summed E-state index contributed by atoms with van der Waals surface area (Å²) in [5, 5.41) is 12.8. The van der Waals surface area contributed by atoms with Gasteiger partial charge in [0.2, 0.25) is 0 Å². The third kappa shape index (κ3) is 3.78. The van der Waals surface area contributed by atoms with Gasteiger partial charge in [-0.05, 0) is 48.5 Å². The molecule has 1 heterocycles. The van der Waals surface area contributed by atoms with Crippen LogP contribution in [-0.2, 0) is 0 Å². The van der Waals surface area contributed by atoms with Crippen LogP contribution >= 0.6 is 11.8 Å². The molecule has 0 radical (unpaired) electrons. The number of carbonyl (C=O) groups excluding carboxylic acids is 1. The van der Waals surface area contributed by atoms with Crippen molar-refractivity contribution in [3.63, 3.8) is 0 Å². The summed E-state index contributed by atoms with van der Waals surface area (Å²) < 4.78 is 5.88. The molecule has 0 aliphatic heterocycles. The average Bonchev–Trinajstić information content (AvgIpc) is 3.17. The molecule has 4 nitrogen and oxygen atoms in total. The molecular weight excluding hydrogens is 368 g/mol. The minimum atomic E-state index is -0.197. The van der Waals surface area contributed by atoms with Gasteiger partial charge in [-0.15, -0.1) is 11.8 Å². The Balaban J connectivity index is 1.52. The van der Waals surface area contributed by atoms with Crippen molar-refractivity contribution in [2.45, 2.75) is 4.90 Å². The van der Waals surface area contributed by atoms with Crippen LogP contribution in [0.3, 0.4) is 0 Å². The number of rotatable bonds is 5. The van der Waals surface area contributed by atoms with Crippen molar-refractivity contribution in [1.29, 1.82) is 5.26 Å². The van der Waals surface area contributed by atoms with Gasteiger partial charge < -0.3 is 9.73 Å². The summed E-state index contributed by atoms with van der Waals surface area (Å²) in [7, 11) is 0. The molecule has 0 bridgehead atoms. The van der Waals surface area contributed by atoms with Crippen LogP contribution in [0.25, 0.3) is 22.3 Å². The first-order valence-corrected chi connectivity index (χ1v) is 9.72. The van der Waals surface area contributed by atoms with E-state index in [2.05, 4.69) is 11.4 Å². The minimum absolute atomic E-state index is 0.197. The monoisotopic (exact) mass is 384 g/mol. The van der Waals surface area contributed by atoms with E-state index in [0.29, 0.717) is 17.0 Å². The standard InChI is InChI=1S/C23H16N2O2S/c24-13-14-28-22-8-4-2-6-19(22)23(26)25-18-11-9-16(10-12-18)21-15-17-5-1-3-7-20(17)27-21/h1-12,15H,14H2,(H,25,26). The summed E-state index contributed by atoms with van der Waals surface area (Å²) in [5.74, 6) is 0.895. The number of amides is 1. The van der Waals surface area contributed by atoms with Crippen LogP contribution in [0, 0.1) is 11.3 Å². The van der Waals surface area contributed by atoms with Crippen molar-refractivity contribution in [1.82, 2.24) is 0 Å². The summed E-state index contributed by atoms with van der Waals surface area (Å²) in [5.41, 5.74) is 3.05. The second-order valence-corrected chi connectivity index (χ2v) is 7.14. The maximum absolute atomic E-state index is 12.6. The zero-order chi connectivity index (χ0) is 19.3. The molecule has 0 aliphatic carbocycles. The highest BCUT2D eigenvalue weighted by Crippen LogP contribution is 2.29. The van der Waals surface area contributed by atoms with Crippen LogP contribution < -0.4 is 5.32 Å². The van der Waals surface area contributed by atoms with E-state index in [9.17, 15) is 4.79 Å². The number of nitrogens with one attached hydrogen (secondary N) is 1. The molecule has 0 saturated heterocycles. The van der Waals surface area contributed by atoms with E-state index in [4.69, 9.17) is 9.68 Å². The van der Waals surface area contributed by atoms with E-state index in [1.807, 2.05) is 72.8 Å². The topological polar surface area (TPSA) is 66.0 Å². The molecule has 5 heteroatoms. The molecular formula is C23H16N2O2S. The van der Waals surface area contributed by atoms with Gasteiger partial charge >= 0.3 is 0 Å². The van der Waals surface area contributed by atoms with E-state index in [0.717, 1.165) is 27.2 Å². The zero-order valence-electron chi connectivity index (χ0n) is 14.9. The van der Waals surface area contributed by atoms with Crippen molar-refractivity contribution >= 4 is 34.3 Å². The Morgan fingerprint density at radius 3 is 2.54 bits per heavy atom. The van der Waals surface area contributed by atoms with Gasteiger partial charge in [0.25, 0.3) is 5.91 Å². The third-order valence-corrected chi connectivity index (χ3v) is 5.22. The summed E-state index contributed by atoms with van der Waals surface area (Å²) in [6, 6.07) is 26.8. The Morgan fingerprint density at radius 2 is 1.75 bits per heavy atom. The van der Waals surface area contributed by atoms with Gasteiger partial charge in [-0.1, -0.05) is 30.3 Å². The number of hydrogen-bond acceptors (Lipinski definition) is 4. The molecule has 1 amide bonds. The predicted octanol–water partition coefficient (Wildman–Crippen LogP) is 5.97. The lowest BCUT2D eigenvalue weighted by atomic mass is 10.1. The number of anilines is 1. The van der Waals surface area contributed by atoms with Crippen molar-refractivity contribution in [3.05, 3.63) is 84.4 Å². The van der Waals surface area contributed by atoms with Gasteiger partial charge in [0, 0.05) is 21.5 Å². The summed E-state index contributed by atoms with van der Waals surface area (Å²) in [4.78, 5) is 13.4. The summed E-state index contributed by atoms with van der Waals surface area (Å²) in [6.07, 6.45) is 0. The fourth-order valence-corrected chi connectivity index (χ4v) is 3.64. The average molecular weight is 384 g/mol. The summed E-state index contributed by atoms with van der Waals surface area (Å²) in [6.45, 7) is 0. The molecule has 1 N–H and O–H groups in total. The number of furan rings is 1. The summed E-state index contributed by atoms with van der Waals surface area (Å²) >= 11 is 1.35. The van der Waals surface area contributed by atoms with Crippen LogP contribution in [0.2, 0.25) is 0 Å². The highest BCUT2D eigenvalue weighted by atomic mass is 32.2. The molecule has 136 valence electrons. The molecule has 4 aromatic rings. The highest BCUT2D eigenvalue weighted by Gasteiger charge is 2.12. The lowest BCUT2D eigenvalue weighted by molar-refractivity contribution is 0.102. The van der Waals surface area contributed by atoms with Gasteiger partial charge in [-0.3, -0.25) is 4.79 Å². The predicted molar refractivity (Wildman–Crippen MR) is 112 cm³/mol. The van der Waals surface area contributed by atoms with Gasteiger partial charge in [0.1, 0.15) is 11.3 Å². The largest absolute Gasteiger partial charge is 0.456 e. The molecule has 0 atom stereocenters. The molecule has 28 heavy (non-hydrogen) atoms. The molecule has 4 rings (SSSR count). The Kier molecular flexibility index (Phi) is 5.14. The van der Waals surface area contributed by atoms with Crippen LogP contribution in [0.4, 0.5) is 5.69 Å². The Labute approximate surface area is 166 Å². The fraction of sp³-hybridized carbons (Fsp3) is 0.0435. The van der Waals surface area contributed by atoms with Gasteiger partial charge in [-0.25, -0.2) is 0 Å². The lowest BCUT2D eigenvalue weighted by Gasteiger charge is -2.09. The molecule has 0 saturated carbocycles. The number of nitrogens with zero attached hydrogens (tertiary/aromatic N) is 1. The number of fused-ring (bicyclic) bond motifs is 1. The Hall–Kier alpha value is -3.49. The van der Waals surface area contributed by atoms with Crippen LogP contribution in [0.15, 0.2) is 88.2 Å². The van der Waals surface area contributed by atoms with Crippen molar-refractivity contribution in [3.8, 4) is 17.4 Å². The van der Waals surface area contributed by atoms with E-state index < -0.39 is 0 Å². The van der Waals surface area contributed by atoms with Crippen LogP contribution in [0.1, 0.15) is 10.4 Å². The molecule has 0 spiro atoms.